The Bertz CT molecular complexity index is 655. The molecule has 4 rings (SSSR count). The number of imidazole rings is 1. The first kappa shape index (κ1) is 17.5. The summed E-state index contributed by atoms with van der Waals surface area (Å²) < 4.78 is 0. The molecule has 3 heterocycles. The molecule has 2 saturated heterocycles. The van der Waals surface area contributed by atoms with Gasteiger partial charge >= 0.3 is 0 Å². The van der Waals surface area contributed by atoms with Crippen molar-refractivity contribution in [2.24, 2.45) is 5.41 Å². The summed E-state index contributed by atoms with van der Waals surface area (Å²) in [6, 6.07) is 0.578. The van der Waals surface area contributed by atoms with Gasteiger partial charge in [-0.2, -0.15) is 0 Å². The predicted molar refractivity (Wildman–Crippen MR) is 97.6 cm³/mol. The molecule has 2 aliphatic heterocycles. The van der Waals surface area contributed by atoms with Crippen LogP contribution in [0.25, 0.3) is 0 Å². The van der Waals surface area contributed by atoms with Crippen molar-refractivity contribution in [2.75, 3.05) is 26.7 Å². The molecule has 7 nitrogen and oxygen atoms in total. The maximum Gasteiger partial charge on any atom is 0.269 e. The van der Waals surface area contributed by atoms with Gasteiger partial charge in [-0.05, 0) is 57.5 Å². The van der Waals surface area contributed by atoms with Crippen molar-refractivity contribution in [3.63, 3.8) is 0 Å². The molecule has 1 aromatic rings. The number of H-pyrrole nitrogens is 1. The Hall–Kier alpha value is -1.89. The van der Waals surface area contributed by atoms with Crippen molar-refractivity contribution < 1.29 is 9.59 Å². The molecule has 1 aliphatic carbocycles. The van der Waals surface area contributed by atoms with Crippen molar-refractivity contribution in [3.8, 4) is 0 Å². The van der Waals surface area contributed by atoms with E-state index < -0.39 is 0 Å². The van der Waals surface area contributed by atoms with Gasteiger partial charge in [-0.1, -0.05) is 0 Å². The van der Waals surface area contributed by atoms with Gasteiger partial charge in [-0.3, -0.25) is 9.59 Å². The summed E-state index contributed by atoms with van der Waals surface area (Å²) in [7, 11) is 2.16. The van der Waals surface area contributed by atoms with Crippen LogP contribution in [0.3, 0.4) is 0 Å². The first-order chi connectivity index (χ1) is 12.5. The van der Waals surface area contributed by atoms with E-state index in [1.165, 1.54) is 38.2 Å². The van der Waals surface area contributed by atoms with Crippen molar-refractivity contribution in [1.29, 1.82) is 0 Å². The van der Waals surface area contributed by atoms with E-state index in [9.17, 15) is 9.59 Å². The Morgan fingerprint density at radius 2 is 2.27 bits per heavy atom. The minimum Gasteiger partial charge on any atom is -0.346 e. The van der Waals surface area contributed by atoms with E-state index in [1.807, 2.05) is 4.90 Å². The fourth-order valence-corrected chi connectivity index (χ4v) is 4.65. The molecule has 26 heavy (non-hydrogen) atoms. The largest absolute Gasteiger partial charge is 0.346 e. The first-order valence-corrected chi connectivity index (χ1v) is 9.82. The molecule has 2 amide bonds. The van der Waals surface area contributed by atoms with Gasteiger partial charge in [0.2, 0.25) is 5.91 Å². The lowest BCUT2D eigenvalue weighted by Crippen LogP contribution is -2.53. The third-order valence-corrected chi connectivity index (χ3v) is 6.40. The number of amides is 2. The minimum absolute atomic E-state index is 0.0279. The Morgan fingerprint density at radius 3 is 2.92 bits per heavy atom. The number of aromatic amines is 1. The van der Waals surface area contributed by atoms with Crippen LogP contribution in [-0.2, 0) is 4.79 Å². The molecule has 0 bridgehead atoms. The average Bonchev–Trinajstić information content (AvgIpc) is 3.05. The van der Waals surface area contributed by atoms with Crippen molar-refractivity contribution in [3.05, 3.63) is 18.2 Å². The van der Waals surface area contributed by atoms with Gasteiger partial charge in [0.1, 0.15) is 5.69 Å². The zero-order chi connectivity index (χ0) is 18.1. The second-order valence-corrected chi connectivity index (χ2v) is 8.43. The number of carbonyl (C=O) groups is 2. The number of nitrogens with zero attached hydrogens (tertiary/aromatic N) is 3. The van der Waals surface area contributed by atoms with Crippen LogP contribution in [-0.4, -0.2) is 70.3 Å². The molecule has 142 valence electrons. The van der Waals surface area contributed by atoms with Crippen LogP contribution in [0.1, 0.15) is 55.4 Å². The van der Waals surface area contributed by atoms with E-state index in [1.54, 1.807) is 0 Å². The molecule has 1 saturated carbocycles. The lowest BCUT2D eigenvalue weighted by Gasteiger charge is -2.38. The number of likely N-dealkylation sites (tertiary alicyclic amines) is 2. The third kappa shape index (κ3) is 3.77. The maximum absolute atomic E-state index is 12.8. The number of aromatic nitrogens is 2. The zero-order valence-corrected chi connectivity index (χ0v) is 15.5. The summed E-state index contributed by atoms with van der Waals surface area (Å²) in [6.45, 7) is 2.64. The van der Waals surface area contributed by atoms with E-state index in [0.717, 1.165) is 25.9 Å². The molecule has 2 unspecified atom stereocenters. The summed E-state index contributed by atoms with van der Waals surface area (Å²) in [5.41, 5.74) is 0.715. The Morgan fingerprint density at radius 1 is 1.42 bits per heavy atom. The molecule has 2 atom stereocenters. The molecule has 0 aromatic carbocycles. The SMILES string of the molecule is CN1CCCC1CCC(=O)N1CC(NC(=O)c2cnc[nH]2)CC2(CC2)C1. The second-order valence-electron chi connectivity index (χ2n) is 8.43. The summed E-state index contributed by atoms with van der Waals surface area (Å²) in [5.74, 6) is 0.113. The van der Waals surface area contributed by atoms with E-state index in [2.05, 4.69) is 27.2 Å². The highest BCUT2D eigenvalue weighted by Crippen LogP contribution is 2.52. The van der Waals surface area contributed by atoms with Gasteiger partial charge < -0.3 is 20.1 Å². The summed E-state index contributed by atoms with van der Waals surface area (Å²) >= 11 is 0. The third-order valence-electron chi connectivity index (χ3n) is 6.40. The van der Waals surface area contributed by atoms with Gasteiger partial charge in [0.25, 0.3) is 5.91 Å². The van der Waals surface area contributed by atoms with Crippen LogP contribution in [0.15, 0.2) is 12.5 Å². The molecule has 1 spiro atoms. The molecule has 1 aromatic heterocycles. The van der Waals surface area contributed by atoms with Gasteiger partial charge in [0.15, 0.2) is 0 Å². The van der Waals surface area contributed by atoms with Gasteiger partial charge in [0.05, 0.1) is 12.5 Å². The topological polar surface area (TPSA) is 81.3 Å². The van der Waals surface area contributed by atoms with Crippen molar-refractivity contribution in [1.82, 2.24) is 25.1 Å². The van der Waals surface area contributed by atoms with E-state index in [0.29, 0.717) is 24.7 Å². The quantitative estimate of drug-likeness (QED) is 0.833. The number of hydrogen-bond donors (Lipinski definition) is 2. The van der Waals surface area contributed by atoms with Gasteiger partial charge in [-0.15, -0.1) is 0 Å². The monoisotopic (exact) mass is 359 g/mol. The Labute approximate surface area is 154 Å². The molecular weight excluding hydrogens is 330 g/mol. The van der Waals surface area contributed by atoms with Crippen LogP contribution in [0.5, 0.6) is 0 Å². The molecule has 7 heteroatoms. The molecule has 3 aliphatic rings. The molecule has 0 radical (unpaired) electrons. The summed E-state index contributed by atoms with van der Waals surface area (Å²) in [6.07, 6.45) is 10.4. The van der Waals surface area contributed by atoms with Crippen LogP contribution in [0.4, 0.5) is 0 Å². The number of rotatable bonds is 5. The normalized spacial score (nSPS) is 27.7. The van der Waals surface area contributed by atoms with E-state index in [-0.39, 0.29) is 23.3 Å². The Balaban J connectivity index is 1.34. The van der Waals surface area contributed by atoms with Gasteiger partial charge in [-0.25, -0.2) is 4.98 Å². The standard InChI is InChI=1S/C19H29N5O2/c1-23-8-2-3-15(23)4-5-17(25)24-11-14(9-19(12-24)6-7-19)22-18(26)16-10-20-13-21-16/h10,13-15H,2-9,11-12H2,1H3,(H,20,21)(H,22,26). The maximum atomic E-state index is 12.8. The van der Waals surface area contributed by atoms with Crippen LogP contribution in [0.2, 0.25) is 0 Å². The fraction of sp³-hybridized carbons (Fsp3) is 0.737. The van der Waals surface area contributed by atoms with E-state index >= 15 is 0 Å². The van der Waals surface area contributed by atoms with E-state index in [4.69, 9.17) is 0 Å². The minimum atomic E-state index is -0.134. The smallest absolute Gasteiger partial charge is 0.269 e. The first-order valence-electron chi connectivity index (χ1n) is 9.82. The number of nitrogens with one attached hydrogen (secondary N) is 2. The molecule has 3 fully saturated rings. The predicted octanol–water partition coefficient (Wildman–Crippen LogP) is 1.40. The van der Waals surface area contributed by atoms with Crippen LogP contribution >= 0.6 is 0 Å². The number of piperidine rings is 1. The van der Waals surface area contributed by atoms with Crippen molar-refractivity contribution in [2.45, 2.75) is 57.0 Å². The fourth-order valence-electron chi connectivity index (χ4n) is 4.65. The second kappa shape index (κ2) is 7.02. The lowest BCUT2D eigenvalue weighted by molar-refractivity contribution is -0.134. The van der Waals surface area contributed by atoms with Crippen LogP contribution < -0.4 is 5.32 Å². The summed E-state index contributed by atoms with van der Waals surface area (Å²) in [4.78, 5) is 36.3. The number of carbonyl (C=O) groups excluding carboxylic acids is 2. The highest BCUT2D eigenvalue weighted by Gasteiger charge is 2.49. The molecular formula is C19H29N5O2. The van der Waals surface area contributed by atoms with Gasteiger partial charge in [0, 0.05) is 31.6 Å². The average molecular weight is 359 g/mol. The lowest BCUT2D eigenvalue weighted by atomic mass is 9.90. The summed E-state index contributed by atoms with van der Waals surface area (Å²) in [5, 5.41) is 3.09. The van der Waals surface area contributed by atoms with Crippen molar-refractivity contribution >= 4 is 11.8 Å². The highest BCUT2D eigenvalue weighted by molar-refractivity contribution is 5.92. The zero-order valence-electron chi connectivity index (χ0n) is 15.5. The number of hydrogen-bond acceptors (Lipinski definition) is 4. The Kier molecular flexibility index (Phi) is 4.73. The highest BCUT2D eigenvalue weighted by atomic mass is 16.2. The van der Waals surface area contributed by atoms with Crippen LogP contribution in [0, 0.1) is 5.41 Å². The molecule has 2 N–H and O–H groups in total.